The summed E-state index contributed by atoms with van der Waals surface area (Å²) in [5.74, 6) is 3.96. The van der Waals surface area contributed by atoms with E-state index < -0.39 is 26.3 Å². The van der Waals surface area contributed by atoms with Gasteiger partial charge in [0, 0.05) is 67.5 Å². The van der Waals surface area contributed by atoms with Crippen LogP contribution in [0.25, 0.3) is 0 Å². The van der Waals surface area contributed by atoms with Gasteiger partial charge in [0.05, 0.1) is 59.6 Å². The van der Waals surface area contributed by atoms with Gasteiger partial charge in [0.25, 0.3) is 0 Å². The molecule has 1 radical (unpaired) electrons. The Morgan fingerprint density at radius 2 is 0.913 bits per heavy atom. The van der Waals surface area contributed by atoms with Crippen LogP contribution >= 0.6 is 14.3 Å². The summed E-state index contributed by atoms with van der Waals surface area (Å²) in [4.78, 5) is 25.9. The molecule has 10 rings (SSSR count). The number of carbonyl (C=O) groups is 2. The van der Waals surface area contributed by atoms with Gasteiger partial charge in [-0.05, 0) is 128 Å². The van der Waals surface area contributed by atoms with Crippen molar-refractivity contribution >= 4 is 26.2 Å². The molecule has 0 bridgehead atoms. The molecule has 8 atom stereocenters. The number of hydrogen-bond donors (Lipinski definition) is 0. The summed E-state index contributed by atoms with van der Waals surface area (Å²) in [5, 5.41) is 0. The van der Waals surface area contributed by atoms with Crippen molar-refractivity contribution in [2.24, 2.45) is 23.7 Å². The summed E-state index contributed by atoms with van der Waals surface area (Å²) in [6.07, 6.45) is -0.348. The van der Waals surface area contributed by atoms with E-state index in [1.54, 1.807) is 55.1 Å². The van der Waals surface area contributed by atoms with Crippen molar-refractivity contribution in [3.8, 4) is 46.0 Å². The van der Waals surface area contributed by atoms with Gasteiger partial charge in [-0.2, -0.15) is 0 Å². The molecule has 0 aromatic heterocycles. The molecule has 4 heterocycles. The van der Waals surface area contributed by atoms with Crippen LogP contribution in [0, 0.1) is 44.2 Å². The zero-order chi connectivity index (χ0) is 49.0. The first-order valence-corrected chi connectivity index (χ1v) is 28.0. The van der Waals surface area contributed by atoms with Crippen LogP contribution in [-0.2, 0) is 65.6 Å². The molecule has 4 aromatic carbocycles. The molecular weight excluding hydrogens is 1000 g/mol. The first-order valence-electron chi connectivity index (χ1n) is 22.4. The minimum absolute atomic E-state index is 0. The molecule has 0 N–H and O–H groups in total. The second-order valence-corrected chi connectivity index (χ2v) is 25.6. The van der Waals surface area contributed by atoms with Crippen LogP contribution in [0.5, 0.6) is 46.0 Å². The fourth-order valence-electron chi connectivity index (χ4n) is 10.4. The topological polar surface area (TPSA) is 170 Å². The van der Waals surface area contributed by atoms with Gasteiger partial charge in [0.1, 0.15) is 36.5 Å². The van der Waals surface area contributed by atoms with Crippen molar-refractivity contribution in [2.75, 3.05) is 88.2 Å². The molecule has 6 aliphatic rings. The normalized spacial score (nSPS) is 24.3. The Morgan fingerprint density at radius 1 is 0.565 bits per heavy atom. The van der Waals surface area contributed by atoms with Crippen LogP contribution in [-0.4, -0.2) is 100 Å². The zero-order valence-corrected chi connectivity index (χ0v) is 45.7. The Bertz CT molecular complexity index is 2650. The van der Waals surface area contributed by atoms with Crippen LogP contribution in [0.3, 0.4) is 0 Å². The minimum Gasteiger partial charge on any atom is -0.496 e. The van der Waals surface area contributed by atoms with E-state index in [1.807, 2.05) is 56.3 Å². The van der Waals surface area contributed by atoms with Crippen LogP contribution in [0.4, 0.5) is 0 Å². The van der Waals surface area contributed by atoms with E-state index in [4.69, 9.17) is 52.1 Å². The quantitative estimate of drug-likeness (QED) is 0.0882. The van der Waals surface area contributed by atoms with Crippen molar-refractivity contribution in [3.05, 3.63) is 99.7 Å². The van der Waals surface area contributed by atoms with Crippen molar-refractivity contribution in [1.29, 1.82) is 0 Å². The Hall–Kier alpha value is -4.26. The molecule has 0 unspecified atom stereocenters. The number of methoxy groups -OCH3 is 4. The van der Waals surface area contributed by atoms with Crippen LogP contribution < -0.4 is 37.9 Å². The largest absolute Gasteiger partial charge is 0.496 e. The molecule has 69 heavy (non-hydrogen) atoms. The Kier molecular flexibility index (Phi) is 15.9. The number of benzene rings is 4. The molecular formula is C51H61O15P2Y-. The van der Waals surface area contributed by atoms with E-state index in [2.05, 4.69) is 19.7 Å². The third-order valence-electron chi connectivity index (χ3n) is 13.5. The predicted molar refractivity (Wildman–Crippen MR) is 255 cm³/mol. The molecule has 18 heteroatoms. The van der Waals surface area contributed by atoms with E-state index in [-0.39, 0.29) is 107 Å². The molecule has 15 nitrogen and oxygen atoms in total. The van der Waals surface area contributed by atoms with Gasteiger partial charge in [-0.25, -0.2) is 0 Å². The molecule has 0 saturated carbocycles. The average Bonchev–Trinajstić information content (AvgIpc) is 4.12. The molecule has 4 aromatic rings. The number of hydrogen-bond acceptors (Lipinski definition) is 15. The Labute approximate surface area is 429 Å². The van der Waals surface area contributed by atoms with Crippen molar-refractivity contribution < 1.29 is 104 Å². The summed E-state index contributed by atoms with van der Waals surface area (Å²) in [5.41, 5.74) is 7.70. The number of cyclic esters (lactones) is 2. The van der Waals surface area contributed by atoms with Crippen molar-refractivity contribution in [1.82, 2.24) is 0 Å². The molecule has 2 fully saturated rings. The summed E-state index contributed by atoms with van der Waals surface area (Å²) in [6.45, 7) is 17.1. The predicted octanol–water partition coefficient (Wildman–Crippen LogP) is 9.49. The standard InChI is InChI=1S/C25H29O8P.C23H24O6.C3H8OP.Y/c1-13-18(28-2)6-14(7-19(13)29-3)22-15-8-20-21(32-11-31-20)9-16(15)24(33-12-34(4,5)27)17-10-30-25(26)23(17)22;1-11-14-7-19-20(29-10-28-19)8-15(14)21(22-16(11)9-27-23(22)24)13-5-17(25-3)12(2)18(6-13)26-4;1-5(2,3)4;/h6-9,17,22-24H,10-12H2,1-5H3;5-8,11,16,21-22H,9-10H2,1-4H3;1H2,2-3H3;/q;;-1;/t17-,22+,23-,24+;11-,16-,21-,22+;;/m01../s1. The van der Waals surface area contributed by atoms with E-state index >= 15 is 0 Å². The molecule has 2 saturated heterocycles. The minimum atomic E-state index is -2.45. The summed E-state index contributed by atoms with van der Waals surface area (Å²) >= 11 is 0. The SMILES string of the molecule is COc1cc([C@@H]2c3cc4c(cc3[C@@H](C)[C@H]3COC(=O)[C@H]23)OCO4)cc(OC)c1C.COc1cc([C@@H]2c3cc4c(cc3[C@@H](OCP(C)(C)=O)[C@H]3COC(=O)[C@H]23)OCO4)cc(OC)c1C.[CH2-]P(C)(C)=O.[Y]. The van der Waals surface area contributed by atoms with Crippen molar-refractivity contribution in [3.63, 3.8) is 0 Å². The maximum atomic E-state index is 13.1. The van der Waals surface area contributed by atoms with Gasteiger partial charge < -0.3 is 61.2 Å². The maximum Gasteiger partial charge on any atom is 0.310 e. The number of esters is 2. The van der Waals surface area contributed by atoms with Gasteiger partial charge in [-0.1, -0.05) is 14.1 Å². The second kappa shape index (κ2) is 20.8. The molecule has 2 aliphatic carbocycles. The van der Waals surface area contributed by atoms with Gasteiger partial charge in [0.15, 0.2) is 23.0 Å². The van der Waals surface area contributed by atoms with E-state index in [0.29, 0.717) is 29.6 Å². The zero-order valence-electron chi connectivity index (χ0n) is 41.1. The Morgan fingerprint density at radius 3 is 1.30 bits per heavy atom. The van der Waals surface area contributed by atoms with Gasteiger partial charge >= 0.3 is 11.9 Å². The van der Waals surface area contributed by atoms with Crippen LogP contribution in [0.1, 0.15) is 75.3 Å². The van der Waals surface area contributed by atoms with Gasteiger partial charge in [-0.15, -0.1) is 0 Å². The third-order valence-corrected chi connectivity index (χ3v) is 14.3. The van der Waals surface area contributed by atoms with E-state index in [0.717, 1.165) is 61.9 Å². The summed E-state index contributed by atoms with van der Waals surface area (Å²) < 4.78 is 84.9. The summed E-state index contributed by atoms with van der Waals surface area (Å²) in [6, 6.07) is 15.9. The molecule has 369 valence electrons. The van der Waals surface area contributed by atoms with Gasteiger partial charge in [0.2, 0.25) is 13.6 Å². The number of fused-ring (bicyclic) bond motifs is 6. The third kappa shape index (κ3) is 10.6. The smallest absolute Gasteiger partial charge is 0.310 e. The first-order chi connectivity index (χ1) is 32.2. The number of ether oxygens (including phenoxy) is 11. The molecule has 0 amide bonds. The Balaban J connectivity index is 0.000000185. The van der Waals surface area contributed by atoms with E-state index in [1.165, 1.54) is 5.56 Å². The summed E-state index contributed by atoms with van der Waals surface area (Å²) in [7, 11) is 2.18. The maximum absolute atomic E-state index is 13.1. The fraction of sp³-hybridized carbons (Fsp3) is 0.471. The van der Waals surface area contributed by atoms with Crippen molar-refractivity contribution in [2.45, 2.75) is 44.6 Å². The number of rotatable bonds is 9. The molecule has 0 spiro atoms. The fourth-order valence-corrected chi connectivity index (χ4v) is 10.9. The van der Waals surface area contributed by atoms with Crippen LogP contribution in [0.15, 0.2) is 48.5 Å². The second-order valence-electron chi connectivity index (χ2n) is 19.0. The van der Waals surface area contributed by atoms with E-state index in [9.17, 15) is 18.7 Å². The average molecular weight is 1060 g/mol. The molecule has 4 aliphatic heterocycles. The monoisotopic (exact) mass is 1060 g/mol. The number of carbonyl (C=O) groups excluding carboxylic acids is 2. The van der Waals surface area contributed by atoms with Gasteiger partial charge in [-0.3, -0.25) is 16.3 Å². The first kappa shape index (κ1) is 52.6. The van der Waals surface area contributed by atoms with Crippen LogP contribution in [0.2, 0.25) is 0 Å².